The van der Waals surface area contributed by atoms with Gasteiger partial charge in [0.05, 0.1) is 30.5 Å². The van der Waals surface area contributed by atoms with Gasteiger partial charge in [-0.05, 0) is 313 Å². The van der Waals surface area contributed by atoms with Crippen LogP contribution in [0.2, 0.25) is 0 Å². The summed E-state index contributed by atoms with van der Waals surface area (Å²) in [4.78, 5) is 95.8. The molecule has 1 aromatic rings. The number of hydroxylamine groups is 10. The number of nitrogens with zero attached hydrogens (tertiary/aromatic N) is 13. The van der Waals surface area contributed by atoms with Gasteiger partial charge in [0.25, 0.3) is 0 Å². The van der Waals surface area contributed by atoms with E-state index in [0.717, 1.165) is 243 Å². The molecule has 5 saturated carbocycles. The summed E-state index contributed by atoms with van der Waals surface area (Å²) >= 11 is 0. The average molecular weight is 1720 g/mol. The van der Waals surface area contributed by atoms with Crippen LogP contribution in [0.25, 0.3) is 0 Å². The Balaban J connectivity index is 0.940. The van der Waals surface area contributed by atoms with Crippen molar-refractivity contribution < 1.29 is 33.8 Å². The van der Waals surface area contributed by atoms with Crippen molar-refractivity contribution in [1.82, 2.24) is 60.7 Å². The van der Waals surface area contributed by atoms with E-state index in [9.17, 15) is 9.59 Å². The molecule has 0 aromatic carbocycles. The monoisotopic (exact) mass is 1720 g/mol. The number of carbonyl (C=O) groups excluding carboxylic acids is 2. The molecule has 0 atom stereocenters. The number of hydrogen-bond acceptors (Lipinski definition) is 18. The van der Waals surface area contributed by atoms with Crippen molar-refractivity contribution in [3.05, 3.63) is 0 Å². The van der Waals surface area contributed by atoms with E-state index in [1.54, 1.807) is 0 Å². The Bertz CT molecular complexity index is 3280. The van der Waals surface area contributed by atoms with Crippen molar-refractivity contribution in [2.24, 2.45) is 0 Å². The smallest absolute Gasteiger partial charge is 0.317 e. The molecule has 11 rings (SSSR count). The van der Waals surface area contributed by atoms with Gasteiger partial charge in [0.2, 0.25) is 17.8 Å². The van der Waals surface area contributed by atoms with Gasteiger partial charge in [0.1, 0.15) is 0 Å². The number of piperidine rings is 5. The maximum absolute atomic E-state index is 14.5. The molecule has 4 amide bonds. The number of carbonyl (C=O) groups is 2. The second-order valence-corrected chi connectivity index (χ2v) is 47.1. The van der Waals surface area contributed by atoms with Crippen LogP contribution in [0.15, 0.2) is 0 Å². The fraction of sp³-hybridized carbons (Fsp3) is 0.950. The van der Waals surface area contributed by atoms with Crippen LogP contribution >= 0.6 is 0 Å². The second-order valence-electron chi connectivity index (χ2n) is 47.1. The number of amides is 4. The minimum absolute atomic E-state index is 0.0535. The van der Waals surface area contributed by atoms with E-state index in [1.165, 1.54) is 96.3 Å². The summed E-state index contributed by atoms with van der Waals surface area (Å²) in [7, 11) is 0. The molecule has 6 heterocycles. The third kappa shape index (κ3) is 26.3. The SMILES string of the molecule is CCCCN(c1nc(N(CCCCCCCN(C(=O)NCC)C2CC(C)(C)N(OC3CCCCC3)C(C)(C)C2)C2CC(C)(C)N(OC3CCCCC3)C(C)(C)C2)nc(N(CCCCCCN(C(=O)NCC)C2CC(C)(C)N(OC3CCCCC3)C(C)(C)C2)C2CC(C)(C)N(OC3CCCCC3)C(C)(C)C2)n1)C1CC(C)(C)N(OC2CCCCC2)C(C)(C)C1. The predicted octanol–water partition coefficient (Wildman–Crippen LogP) is 23.1. The van der Waals surface area contributed by atoms with Crippen LogP contribution in [0.5, 0.6) is 0 Å². The number of rotatable bonds is 38. The molecule has 22 heteroatoms. The maximum atomic E-state index is 14.5. The Kier molecular flexibility index (Phi) is 35.2. The number of anilines is 3. The molecule has 0 unspecified atom stereocenters. The zero-order chi connectivity index (χ0) is 89.0. The zero-order valence-corrected chi connectivity index (χ0v) is 83.4. The van der Waals surface area contributed by atoms with E-state index >= 15 is 0 Å². The number of urea groups is 2. The fourth-order valence-electron chi connectivity index (χ4n) is 26.0. The molecule has 0 radical (unpaired) electrons. The average Bonchev–Trinajstić information content (AvgIpc) is 0.799. The number of aromatic nitrogens is 3. The molecule has 22 nitrogen and oxygen atoms in total. The first-order chi connectivity index (χ1) is 58.1. The molecule has 123 heavy (non-hydrogen) atoms. The Labute approximate surface area is 751 Å². The highest BCUT2D eigenvalue weighted by Gasteiger charge is 2.56. The van der Waals surface area contributed by atoms with E-state index in [-0.39, 0.29) is 128 Å². The minimum Gasteiger partial charge on any atom is -0.338 e. The first kappa shape index (κ1) is 100. The lowest BCUT2D eigenvalue weighted by molar-refractivity contribution is -0.313. The maximum Gasteiger partial charge on any atom is 0.317 e. The molecule has 5 aliphatic carbocycles. The summed E-state index contributed by atoms with van der Waals surface area (Å²) in [6.45, 7) is 59.5. The molecule has 2 N–H and O–H groups in total. The molecule has 0 spiro atoms. The van der Waals surface area contributed by atoms with Crippen molar-refractivity contribution in [3.8, 4) is 0 Å². The molecule has 10 fully saturated rings. The van der Waals surface area contributed by atoms with Crippen molar-refractivity contribution in [2.45, 2.75) is 571 Å². The lowest BCUT2D eigenvalue weighted by atomic mass is 9.78. The molecule has 0 bridgehead atoms. The van der Waals surface area contributed by atoms with E-state index in [4.69, 9.17) is 39.1 Å². The lowest BCUT2D eigenvalue weighted by Crippen LogP contribution is -2.65. The van der Waals surface area contributed by atoms with Crippen molar-refractivity contribution in [1.29, 1.82) is 0 Å². The summed E-state index contributed by atoms with van der Waals surface area (Å²) in [5.41, 5.74) is -2.77. The van der Waals surface area contributed by atoms with Crippen LogP contribution in [0, 0.1) is 0 Å². The lowest BCUT2D eigenvalue weighted by Gasteiger charge is -2.57. The van der Waals surface area contributed by atoms with Crippen LogP contribution in [0.4, 0.5) is 27.4 Å². The summed E-state index contributed by atoms with van der Waals surface area (Å²) in [6, 6.07) is 0.603. The summed E-state index contributed by atoms with van der Waals surface area (Å²) in [5.74, 6) is 2.40. The number of nitrogens with one attached hydrogen (secondary N) is 2. The quantitative estimate of drug-likeness (QED) is 0.0598. The Morgan fingerprint density at radius 2 is 0.463 bits per heavy atom. The largest absolute Gasteiger partial charge is 0.338 e. The van der Waals surface area contributed by atoms with Gasteiger partial charge in [-0.15, -0.1) is 0 Å². The van der Waals surface area contributed by atoms with Crippen molar-refractivity contribution >= 4 is 29.9 Å². The van der Waals surface area contributed by atoms with Crippen LogP contribution in [0.1, 0.15) is 455 Å². The molecule has 1 aromatic heterocycles. The second kappa shape index (κ2) is 43.3. The highest BCUT2D eigenvalue weighted by molar-refractivity contribution is 5.75. The van der Waals surface area contributed by atoms with Crippen molar-refractivity contribution in [2.75, 3.05) is 60.5 Å². The Morgan fingerprint density at radius 1 is 0.276 bits per heavy atom. The summed E-state index contributed by atoms with van der Waals surface area (Å²) in [5, 5.41) is 18.6. The van der Waals surface area contributed by atoms with E-state index in [0.29, 0.717) is 19.6 Å². The van der Waals surface area contributed by atoms with Gasteiger partial charge >= 0.3 is 12.1 Å². The van der Waals surface area contributed by atoms with Gasteiger partial charge in [-0.3, -0.25) is 24.2 Å². The molecule has 5 aliphatic heterocycles. The van der Waals surface area contributed by atoms with Crippen LogP contribution < -0.4 is 25.3 Å². The zero-order valence-electron chi connectivity index (χ0n) is 83.4. The number of hydrogen-bond donors (Lipinski definition) is 2. The topological polar surface area (TPSA) is 175 Å². The van der Waals surface area contributed by atoms with Gasteiger partial charge in [0, 0.05) is 131 Å². The number of unbranched alkanes of at least 4 members (excludes halogenated alkanes) is 8. The third-order valence-corrected chi connectivity index (χ3v) is 30.7. The fourth-order valence-corrected chi connectivity index (χ4v) is 26.0. The van der Waals surface area contributed by atoms with Crippen LogP contribution in [-0.4, -0.2) is 224 Å². The standard InChI is InChI=1S/C101H187N15O7/c1-24-27-62-107(77-67-92(4,5)112(93(6,7)68-77)119-82-52-38-33-39-53-82)87-104-88(108(78-69-94(8,9)113(95(10,11)70-78)120-83-54-40-34-41-55-83)63-48-29-28-30-50-65-110(90(117)102-25-2)80-73-98(16,17)115(99(18,19)74-80)122-85-58-44-36-45-59-85)106-89(105-87)109(79-71-96(12,13)114(97(14,15)72-79)121-84-56-42-35-43-57-84)64-49-31-32-51-66-111(91(118)103-26-3)81-75-100(20,21)116(101(22,23)76-81)123-86-60-46-37-47-61-86/h77-86H,24-76H2,1-23H3,(H,102,117)(H,103,118). The van der Waals surface area contributed by atoms with Gasteiger partial charge in [-0.25, -0.2) is 9.59 Å². The highest BCUT2D eigenvalue weighted by atomic mass is 16.7. The Hall–Kier alpha value is -3.45. The molecule has 5 saturated heterocycles. The molecular weight excluding hydrogens is 1540 g/mol. The molecule has 10 aliphatic rings. The third-order valence-electron chi connectivity index (χ3n) is 30.7. The van der Waals surface area contributed by atoms with Gasteiger partial charge in [-0.2, -0.15) is 40.3 Å². The van der Waals surface area contributed by atoms with Gasteiger partial charge in [-0.1, -0.05) is 142 Å². The first-order valence-corrected chi connectivity index (χ1v) is 51.6. The summed E-state index contributed by atoms with van der Waals surface area (Å²) < 4.78 is 0. The van der Waals surface area contributed by atoms with Crippen molar-refractivity contribution in [3.63, 3.8) is 0 Å². The van der Waals surface area contributed by atoms with E-state index in [2.05, 4.69) is 220 Å². The van der Waals surface area contributed by atoms with E-state index < -0.39 is 0 Å². The minimum atomic E-state index is -0.311. The highest BCUT2D eigenvalue weighted by Crippen LogP contribution is 2.50. The van der Waals surface area contributed by atoms with Crippen LogP contribution in [0.3, 0.4) is 0 Å². The molecular formula is C101H187N15O7. The normalized spacial score (nSPS) is 25.8. The Morgan fingerprint density at radius 3 is 0.667 bits per heavy atom. The van der Waals surface area contributed by atoms with Gasteiger partial charge < -0.3 is 35.1 Å². The molecule has 708 valence electrons. The first-order valence-electron chi connectivity index (χ1n) is 51.6. The van der Waals surface area contributed by atoms with E-state index in [1.807, 2.05) is 0 Å². The van der Waals surface area contributed by atoms with Gasteiger partial charge in [0.15, 0.2) is 0 Å². The predicted molar refractivity (Wildman–Crippen MR) is 505 cm³/mol. The summed E-state index contributed by atoms with van der Waals surface area (Å²) in [6.07, 6.45) is 51.0. The van der Waals surface area contributed by atoms with Crippen LogP contribution in [-0.2, 0) is 24.2 Å².